The molecule has 2 aromatic carbocycles. The van der Waals surface area contributed by atoms with E-state index in [9.17, 15) is 9.90 Å². The highest BCUT2D eigenvalue weighted by molar-refractivity contribution is 5.96. The minimum atomic E-state index is -0.809. The number of anilines is 3. The van der Waals surface area contributed by atoms with Crippen molar-refractivity contribution < 1.29 is 19.8 Å². The monoisotopic (exact) mass is 550 g/mol. The second-order valence-electron chi connectivity index (χ2n) is 8.08. The van der Waals surface area contributed by atoms with Crippen molar-refractivity contribution in [3.63, 3.8) is 0 Å². The number of aromatic nitrogens is 1. The summed E-state index contributed by atoms with van der Waals surface area (Å²) in [6, 6.07) is 20.3. The fourth-order valence-corrected chi connectivity index (χ4v) is 3.28. The molecule has 0 aliphatic carbocycles. The van der Waals surface area contributed by atoms with Crippen molar-refractivity contribution in [1.29, 1.82) is 0 Å². The molecule has 2 heterocycles. The second-order valence-corrected chi connectivity index (χ2v) is 8.08. The predicted molar refractivity (Wildman–Crippen MR) is 162 cm³/mol. The SMILES string of the molecule is C=C1Nc2cc(C(O)Nc3ccccn3)ccc2N1C.CC.CCCC(=O)OCC.N/C(=N\O)c1ccccc1. The lowest BCUT2D eigenvalue weighted by Crippen LogP contribution is -2.12. The van der Waals surface area contributed by atoms with Crippen LogP contribution in [0.15, 0.2) is 90.5 Å². The molecule has 0 saturated heterocycles. The summed E-state index contributed by atoms with van der Waals surface area (Å²) in [5, 5.41) is 27.5. The number of ether oxygens (including phenoxy) is 1. The Bertz CT molecular complexity index is 1180. The van der Waals surface area contributed by atoms with Crippen molar-refractivity contribution in [2.24, 2.45) is 10.9 Å². The van der Waals surface area contributed by atoms with E-state index in [2.05, 4.69) is 32.1 Å². The largest absolute Gasteiger partial charge is 0.466 e. The molecule has 40 heavy (non-hydrogen) atoms. The number of fused-ring (bicyclic) bond motifs is 1. The molecular weight excluding hydrogens is 508 g/mol. The molecule has 3 aromatic rings. The van der Waals surface area contributed by atoms with Gasteiger partial charge in [0.2, 0.25) is 0 Å². The van der Waals surface area contributed by atoms with Crippen LogP contribution in [0, 0.1) is 0 Å². The molecule has 1 unspecified atom stereocenters. The third-order valence-electron chi connectivity index (χ3n) is 5.27. The van der Waals surface area contributed by atoms with E-state index in [0.717, 1.165) is 34.7 Å². The normalized spacial score (nSPS) is 12.1. The summed E-state index contributed by atoms with van der Waals surface area (Å²) < 4.78 is 4.64. The summed E-state index contributed by atoms with van der Waals surface area (Å²) in [6.07, 6.45) is 2.29. The number of aliphatic hydroxyl groups excluding tert-OH is 1. The molecular formula is C30H42N6O4. The summed E-state index contributed by atoms with van der Waals surface area (Å²) in [5.74, 6) is 1.51. The molecule has 1 atom stereocenters. The number of nitrogens with two attached hydrogens (primary N) is 1. The summed E-state index contributed by atoms with van der Waals surface area (Å²) in [4.78, 5) is 16.5. The highest BCUT2D eigenvalue weighted by Gasteiger charge is 2.20. The molecule has 0 radical (unpaired) electrons. The van der Waals surface area contributed by atoms with E-state index >= 15 is 0 Å². The average Bonchev–Trinajstić information content (AvgIpc) is 3.27. The van der Waals surface area contributed by atoms with Crippen LogP contribution in [0.4, 0.5) is 17.2 Å². The van der Waals surface area contributed by atoms with E-state index in [0.29, 0.717) is 18.8 Å². The first-order valence-electron chi connectivity index (χ1n) is 13.2. The van der Waals surface area contributed by atoms with Gasteiger partial charge in [-0.2, -0.15) is 0 Å². The van der Waals surface area contributed by atoms with Crippen LogP contribution in [0.25, 0.3) is 0 Å². The molecule has 10 heteroatoms. The molecule has 0 fully saturated rings. The van der Waals surface area contributed by atoms with Gasteiger partial charge >= 0.3 is 5.97 Å². The van der Waals surface area contributed by atoms with Gasteiger partial charge in [-0.1, -0.05) is 75.0 Å². The van der Waals surface area contributed by atoms with Crippen molar-refractivity contribution >= 4 is 29.0 Å². The van der Waals surface area contributed by atoms with Gasteiger partial charge in [-0.25, -0.2) is 4.98 Å². The smallest absolute Gasteiger partial charge is 0.305 e. The summed E-state index contributed by atoms with van der Waals surface area (Å²) in [5.41, 5.74) is 8.78. The van der Waals surface area contributed by atoms with Gasteiger partial charge in [-0.05, 0) is 37.6 Å². The predicted octanol–water partition coefficient (Wildman–Crippen LogP) is 5.67. The molecule has 1 aliphatic heterocycles. The summed E-state index contributed by atoms with van der Waals surface area (Å²) >= 11 is 0. The number of oxime groups is 1. The maximum Gasteiger partial charge on any atom is 0.305 e. The number of benzene rings is 2. The van der Waals surface area contributed by atoms with E-state index in [1.54, 1.807) is 18.3 Å². The Morgan fingerprint density at radius 2 is 1.82 bits per heavy atom. The minimum absolute atomic E-state index is 0.0880. The number of pyridine rings is 1. The lowest BCUT2D eigenvalue weighted by Gasteiger charge is -2.15. The summed E-state index contributed by atoms with van der Waals surface area (Å²) in [7, 11) is 1.95. The number of hydrogen-bond acceptors (Lipinski definition) is 9. The van der Waals surface area contributed by atoms with Crippen molar-refractivity contribution in [3.8, 4) is 0 Å². The van der Waals surface area contributed by atoms with Crippen LogP contribution in [-0.4, -0.2) is 40.8 Å². The second kappa shape index (κ2) is 18.6. The number of aliphatic hydroxyl groups is 1. The van der Waals surface area contributed by atoms with Gasteiger partial charge in [0.05, 0.1) is 18.0 Å². The molecule has 0 saturated carbocycles. The van der Waals surface area contributed by atoms with E-state index < -0.39 is 6.23 Å². The molecule has 0 amide bonds. The van der Waals surface area contributed by atoms with Crippen LogP contribution < -0.4 is 21.3 Å². The molecule has 1 aliphatic rings. The highest BCUT2D eigenvalue weighted by Crippen LogP contribution is 2.36. The summed E-state index contributed by atoms with van der Waals surface area (Å²) in [6.45, 7) is 12.2. The quantitative estimate of drug-likeness (QED) is 0.0627. The van der Waals surface area contributed by atoms with Crippen molar-refractivity contribution in [2.75, 3.05) is 29.2 Å². The van der Waals surface area contributed by atoms with E-state index in [1.165, 1.54) is 0 Å². The zero-order valence-electron chi connectivity index (χ0n) is 24.0. The van der Waals surface area contributed by atoms with Gasteiger partial charge in [0.15, 0.2) is 12.1 Å². The fraction of sp³-hybridized carbons (Fsp3) is 0.300. The van der Waals surface area contributed by atoms with Crippen LogP contribution >= 0.6 is 0 Å². The number of carbonyl (C=O) groups is 1. The minimum Gasteiger partial charge on any atom is -0.466 e. The van der Waals surface area contributed by atoms with Crippen LogP contribution in [0.5, 0.6) is 0 Å². The number of esters is 1. The lowest BCUT2D eigenvalue weighted by molar-refractivity contribution is -0.143. The number of amidine groups is 1. The van der Waals surface area contributed by atoms with E-state index in [1.807, 2.05) is 94.2 Å². The number of nitrogens with one attached hydrogen (secondary N) is 2. The molecule has 216 valence electrons. The first kappa shape index (κ1) is 33.5. The van der Waals surface area contributed by atoms with Crippen LogP contribution in [-0.2, 0) is 9.53 Å². The number of nitrogens with zero attached hydrogens (tertiary/aromatic N) is 3. The van der Waals surface area contributed by atoms with Crippen LogP contribution in [0.2, 0.25) is 0 Å². The van der Waals surface area contributed by atoms with Crippen molar-refractivity contribution in [1.82, 2.24) is 4.98 Å². The third kappa shape index (κ3) is 11.0. The zero-order chi connectivity index (χ0) is 29.9. The highest BCUT2D eigenvalue weighted by atomic mass is 16.5. The number of carbonyl (C=O) groups excluding carboxylic acids is 1. The van der Waals surface area contributed by atoms with E-state index in [-0.39, 0.29) is 11.8 Å². The fourth-order valence-electron chi connectivity index (χ4n) is 3.28. The van der Waals surface area contributed by atoms with Crippen LogP contribution in [0.1, 0.15) is 57.9 Å². The molecule has 4 rings (SSSR count). The Balaban J connectivity index is 0.000000336. The van der Waals surface area contributed by atoms with Gasteiger partial charge in [0.1, 0.15) is 11.6 Å². The molecule has 0 spiro atoms. The standard InChI is InChI=1S/C15H16N4O.C7H8N2O.C6H12O2.C2H6/c1-10-17-12-9-11(6-7-13(12)19(10)2)15(20)18-14-5-3-4-8-16-14;8-7(9-10)6-4-2-1-3-5-6;1-3-5-6(7)8-4-2;1-2/h3-9,15,17,20H,1H2,2H3,(H,16,18);1-5,10H,(H2,8,9);3-5H2,1-2H3;1-2H3. The van der Waals surface area contributed by atoms with Crippen LogP contribution in [0.3, 0.4) is 0 Å². The van der Waals surface area contributed by atoms with Gasteiger partial charge in [-0.3, -0.25) is 4.79 Å². The maximum atomic E-state index is 10.4. The maximum absolute atomic E-state index is 10.4. The topological polar surface area (TPSA) is 145 Å². The van der Waals surface area contributed by atoms with Crippen molar-refractivity contribution in [2.45, 2.75) is 46.8 Å². The lowest BCUT2D eigenvalue weighted by atomic mass is 10.1. The average molecular weight is 551 g/mol. The van der Waals surface area contributed by atoms with Gasteiger partial charge in [0, 0.05) is 30.8 Å². The van der Waals surface area contributed by atoms with Gasteiger partial charge in [-0.15, -0.1) is 0 Å². The van der Waals surface area contributed by atoms with Gasteiger partial charge < -0.3 is 36.3 Å². The molecule has 0 bridgehead atoms. The Morgan fingerprint density at radius 1 is 1.15 bits per heavy atom. The molecule has 10 nitrogen and oxygen atoms in total. The third-order valence-corrected chi connectivity index (χ3v) is 5.27. The van der Waals surface area contributed by atoms with E-state index in [4.69, 9.17) is 10.9 Å². The Kier molecular flexibility index (Phi) is 15.6. The number of hydrogen-bond donors (Lipinski definition) is 5. The first-order valence-corrected chi connectivity index (χ1v) is 13.2. The molecule has 6 N–H and O–H groups in total. The Hall–Kier alpha value is -4.57. The first-order chi connectivity index (χ1) is 19.3. The zero-order valence-corrected chi connectivity index (χ0v) is 24.0. The Labute approximate surface area is 237 Å². The number of rotatable bonds is 7. The molecule has 1 aromatic heterocycles. The van der Waals surface area contributed by atoms with Gasteiger partial charge in [0.25, 0.3) is 0 Å². The Morgan fingerprint density at radius 3 is 2.40 bits per heavy atom. The van der Waals surface area contributed by atoms with Crippen molar-refractivity contribution in [3.05, 3.63) is 96.5 Å².